The van der Waals surface area contributed by atoms with E-state index in [1.807, 2.05) is 30.3 Å². The highest BCUT2D eigenvalue weighted by Crippen LogP contribution is 2.22. The number of aliphatic hydroxyl groups is 1. The monoisotopic (exact) mass is 358 g/mol. The molecule has 26 heavy (non-hydrogen) atoms. The molecule has 2 rings (SSSR count). The van der Waals surface area contributed by atoms with Gasteiger partial charge in [0.25, 0.3) is 0 Å². The Kier molecular flexibility index (Phi) is 7.60. The summed E-state index contributed by atoms with van der Waals surface area (Å²) in [6.45, 7) is 0.287. The standard InChI is InChI=1S/C19H22N2O5/c22-12-4-11-20-17(19(24)25)13-18(23)21-14-7-9-16(10-8-14)26-15-5-2-1-3-6-15/h1-3,5-10,17,20,22H,4,11-13H2,(H,21,23)(H,24,25)/t17-/m0/s1. The average molecular weight is 358 g/mol. The highest BCUT2D eigenvalue weighted by Gasteiger charge is 2.20. The molecule has 1 atom stereocenters. The fraction of sp³-hybridized carbons (Fsp3) is 0.263. The van der Waals surface area contributed by atoms with E-state index >= 15 is 0 Å². The van der Waals surface area contributed by atoms with E-state index in [2.05, 4.69) is 10.6 Å². The molecular weight excluding hydrogens is 336 g/mol. The molecule has 0 saturated heterocycles. The van der Waals surface area contributed by atoms with Gasteiger partial charge in [0.2, 0.25) is 5.91 Å². The Morgan fingerprint density at radius 3 is 2.27 bits per heavy atom. The van der Waals surface area contributed by atoms with Gasteiger partial charge in [-0.1, -0.05) is 18.2 Å². The van der Waals surface area contributed by atoms with Gasteiger partial charge < -0.3 is 25.6 Å². The van der Waals surface area contributed by atoms with Crippen LogP contribution in [0.3, 0.4) is 0 Å². The Morgan fingerprint density at radius 2 is 1.65 bits per heavy atom. The van der Waals surface area contributed by atoms with E-state index in [1.54, 1.807) is 24.3 Å². The number of rotatable bonds is 10. The lowest BCUT2D eigenvalue weighted by atomic mass is 10.2. The van der Waals surface area contributed by atoms with Crippen LogP contribution in [0, 0.1) is 0 Å². The van der Waals surface area contributed by atoms with E-state index in [1.165, 1.54) is 0 Å². The molecule has 0 aromatic heterocycles. The number of ether oxygens (including phenoxy) is 1. The number of aliphatic carboxylic acids is 1. The van der Waals surface area contributed by atoms with Crippen molar-refractivity contribution in [2.45, 2.75) is 18.9 Å². The van der Waals surface area contributed by atoms with Crippen LogP contribution >= 0.6 is 0 Å². The molecule has 138 valence electrons. The number of carbonyl (C=O) groups excluding carboxylic acids is 1. The molecule has 0 unspecified atom stereocenters. The number of hydrogen-bond acceptors (Lipinski definition) is 5. The molecule has 0 bridgehead atoms. The van der Waals surface area contributed by atoms with E-state index in [4.69, 9.17) is 14.9 Å². The molecule has 0 heterocycles. The minimum atomic E-state index is -1.11. The highest BCUT2D eigenvalue weighted by atomic mass is 16.5. The molecule has 0 aliphatic rings. The first-order valence-electron chi connectivity index (χ1n) is 8.28. The molecule has 0 saturated carbocycles. The van der Waals surface area contributed by atoms with E-state index in [-0.39, 0.29) is 13.0 Å². The third-order valence-electron chi connectivity index (χ3n) is 3.53. The summed E-state index contributed by atoms with van der Waals surface area (Å²) in [7, 11) is 0. The Bertz CT molecular complexity index is 704. The number of anilines is 1. The molecule has 7 nitrogen and oxygen atoms in total. The number of para-hydroxylation sites is 1. The number of carbonyl (C=O) groups is 2. The van der Waals surface area contributed by atoms with Crippen LogP contribution in [0.25, 0.3) is 0 Å². The van der Waals surface area contributed by atoms with Crippen molar-refractivity contribution < 1.29 is 24.5 Å². The molecule has 2 aromatic carbocycles. The summed E-state index contributed by atoms with van der Waals surface area (Å²) in [5, 5.41) is 23.3. The maximum atomic E-state index is 12.0. The summed E-state index contributed by atoms with van der Waals surface area (Å²) in [6.07, 6.45) is 0.220. The minimum Gasteiger partial charge on any atom is -0.480 e. The molecule has 1 amide bonds. The van der Waals surface area contributed by atoms with Gasteiger partial charge in [-0.3, -0.25) is 9.59 Å². The Balaban J connectivity index is 1.87. The Hall–Kier alpha value is -2.90. The third-order valence-corrected chi connectivity index (χ3v) is 3.53. The first kappa shape index (κ1) is 19.4. The number of benzene rings is 2. The second-order valence-corrected chi connectivity index (χ2v) is 5.61. The van der Waals surface area contributed by atoms with Gasteiger partial charge in [-0.05, 0) is 49.4 Å². The zero-order valence-electron chi connectivity index (χ0n) is 14.2. The molecule has 0 aliphatic carbocycles. The molecule has 2 aromatic rings. The molecule has 0 radical (unpaired) electrons. The first-order valence-corrected chi connectivity index (χ1v) is 8.28. The Morgan fingerprint density at radius 1 is 1.00 bits per heavy atom. The van der Waals surface area contributed by atoms with Crippen molar-refractivity contribution in [1.29, 1.82) is 0 Å². The van der Waals surface area contributed by atoms with Crippen LogP contribution in [-0.4, -0.2) is 41.3 Å². The average Bonchev–Trinajstić information content (AvgIpc) is 2.63. The van der Waals surface area contributed by atoms with E-state index in [0.717, 1.165) is 0 Å². The summed E-state index contributed by atoms with van der Waals surface area (Å²) >= 11 is 0. The fourth-order valence-electron chi connectivity index (χ4n) is 2.23. The maximum Gasteiger partial charge on any atom is 0.321 e. The SMILES string of the molecule is O=C(C[C@H](NCCCO)C(=O)O)Nc1ccc(Oc2ccccc2)cc1. The van der Waals surface area contributed by atoms with Gasteiger partial charge in [0.05, 0.1) is 6.42 Å². The maximum absolute atomic E-state index is 12.0. The van der Waals surface area contributed by atoms with Crippen molar-refractivity contribution in [1.82, 2.24) is 5.32 Å². The zero-order chi connectivity index (χ0) is 18.8. The van der Waals surface area contributed by atoms with Crippen LogP contribution < -0.4 is 15.4 Å². The predicted molar refractivity (Wildman–Crippen MR) is 97.3 cm³/mol. The largest absolute Gasteiger partial charge is 0.480 e. The van der Waals surface area contributed by atoms with Crippen LogP contribution in [0.4, 0.5) is 5.69 Å². The summed E-state index contributed by atoms with van der Waals surface area (Å²) in [5.41, 5.74) is 0.551. The van der Waals surface area contributed by atoms with Gasteiger partial charge in [-0.25, -0.2) is 0 Å². The molecule has 0 fully saturated rings. The van der Waals surface area contributed by atoms with E-state index in [9.17, 15) is 9.59 Å². The van der Waals surface area contributed by atoms with E-state index < -0.39 is 17.9 Å². The van der Waals surface area contributed by atoms with Crippen LogP contribution in [0.2, 0.25) is 0 Å². The molecule has 7 heteroatoms. The quantitative estimate of drug-likeness (QED) is 0.485. The van der Waals surface area contributed by atoms with Crippen molar-refractivity contribution in [3.05, 3.63) is 54.6 Å². The fourth-order valence-corrected chi connectivity index (χ4v) is 2.23. The van der Waals surface area contributed by atoms with Gasteiger partial charge in [0.15, 0.2) is 0 Å². The van der Waals surface area contributed by atoms with Gasteiger partial charge in [-0.15, -0.1) is 0 Å². The van der Waals surface area contributed by atoms with E-state index in [0.29, 0.717) is 30.2 Å². The van der Waals surface area contributed by atoms with Crippen molar-refractivity contribution in [3.63, 3.8) is 0 Å². The van der Waals surface area contributed by atoms with Crippen LogP contribution in [0.15, 0.2) is 54.6 Å². The van der Waals surface area contributed by atoms with Crippen molar-refractivity contribution in [3.8, 4) is 11.5 Å². The first-order chi connectivity index (χ1) is 12.6. The number of carboxylic acids is 1. The highest BCUT2D eigenvalue weighted by molar-refractivity contribution is 5.94. The second kappa shape index (κ2) is 10.2. The Labute approximate surface area is 151 Å². The number of hydrogen-bond donors (Lipinski definition) is 4. The lowest BCUT2D eigenvalue weighted by molar-refractivity contribution is -0.141. The predicted octanol–water partition coefficient (Wildman–Crippen LogP) is 2.23. The van der Waals surface area contributed by atoms with Gasteiger partial charge in [0, 0.05) is 12.3 Å². The van der Waals surface area contributed by atoms with Gasteiger partial charge >= 0.3 is 5.97 Å². The summed E-state index contributed by atoms with van der Waals surface area (Å²) < 4.78 is 5.67. The smallest absolute Gasteiger partial charge is 0.321 e. The zero-order valence-corrected chi connectivity index (χ0v) is 14.2. The minimum absolute atomic E-state index is 0.0388. The van der Waals surface area contributed by atoms with Crippen LogP contribution in [-0.2, 0) is 9.59 Å². The number of aliphatic hydroxyl groups excluding tert-OH is 1. The van der Waals surface area contributed by atoms with Gasteiger partial charge in [-0.2, -0.15) is 0 Å². The molecule has 0 aliphatic heterocycles. The molecular formula is C19H22N2O5. The summed E-state index contributed by atoms with van der Waals surface area (Å²) in [5.74, 6) is -0.179. The third kappa shape index (κ3) is 6.54. The van der Waals surface area contributed by atoms with Crippen molar-refractivity contribution in [2.24, 2.45) is 0 Å². The topological polar surface area (TPSA) is 108 Å². The molecule has 0 spiro atoms. The lowest BCUT2D eigenvalue weighted by Crippen LogP contribution is -2.40. The van der Waals surface area contributed by atoms with Crippen molar-refractivity contribution in [2.75, 3.05) is 18.5 Å². The number of carboxylic acid groups (broad SMARTS) is 1. The van der Waals surface area contributed by atoms with Crippen molar-refractivity contribution >= 4 is 17.6 Å². The number of amides is 1. The van der Waals surface area contributed by atoms with Gasteiger partial charge in [0.1, 0.15) is 17.5 Å². The normalized spacial score (nSPS) is 11.6. The second-order valence-electron chi connectivity index (χ2n) is 5.61. The number of nitrogens with one attached hydrogen (secondary N) is 2. The lowest BCUT2D eigenvalue weighted by Gasteiger charge is -2.14. The van der Waals surface area contributed by atoms with Crippen LogP contribution in [0.5, 0.6) is 11.5 Å². The summed E-state index contributed by atoms with van der Waals surface area (Å²) in [4.78, 5) is 23.2. The molecule has 4 N–H and O–H groups in total. The van der Waals surface area contributed by atoms with Crippen LogP contribution in [0.1, 0.15) is 12.8 Å². The summed E-state index contributed by atoms with van der Waals surface area (Å²) in [6, 6.07) is 15.1.